The lowest BCUT2D eigenvalue weighted by Gasteiger charge is -2.20. The molecule has 0 atom stereocenters. The second-order valence-electron chi connectivity index (χ2n) is 3.64. The van der Waals surface area contributed by atoms with Gasteiger partial charge in [-0.25, -0.2) is 0 Å². The van der Waals surface area contributed by atoms with Crippen molar-refractivity contribution in [3.63, 3.8) is 0 Å². The maximum atomic E-state index is 5.38. The molecule has 5 nitrogen and oxygen atoms in total. The van der Waals surface area contributed by atoms with Crippen molar-refractivity contribution < 1.29 is 4.42 Å². The Kier molecular flexibility index (Phi) is 3.85. The molecule has 0 spiro atoms. The highest BCUT2D eigenvalue weighted by Gasteiger charge is 2.14. The average molecular weight is 228 g/mol. The third kappa shape index (κ3) is 3.10. The van der Waals surface area contributed by atoms with E-state index in [2.05, 4.69) is 15.5 Å². The summed E-state index contributed by atoms with van der Waals surface area (Å²) in [5, 5.41) is 10.8. The third-order valence-electron chi connectivity index (χ3n) is 2.52. The van der Waals surface area contributed by atoms with Gasteiger partial charge in [0, 0.05) is 6.54 Å². The van der Waals surface area contributed by atoms with Gasteiger partial charge in [-0.05, 0) is 30.3 Å². The molecule has 1 aliphatic heterocycles. The van der Waals surface area contributed by atoms with Crippen molar-refractivity contribution in [3.8, 4) is 0 Å². The van der Waals surface area contributed by atoms with Crippen molar-refractivity contribution >= 4 is 17.8 Å². The molecule has 1 saturated heterocycles. The number of nitrogens with one attached hydrogen (secondary N) is 1. The summed E-state index contributed by atoms with van der Waals surface area (Å²) in [4.78, 5) is 0. The van der Waals surface area contributed by atoms with E-state index in [4.69, 9.17) is 10.2 Å². The Balaban J connectivity index is 1.76. The minimum Gasteiger partial charge on any atom is -0.407 e. The lowest BCUT2D eigenvalue weighted by Crippen LogP contribution is -2.19. The summed E-state index contributed by atoms with van der Waals surface area (Å²) in [6.45, 7) is 1.22. The van der Waals surface area contributed by atoms with E-state index in [-0.39, 0.29) is 0 Å². The van der Waals surface area contributed by atoms with Crippen LogP contribution < -0.4 is 11.1 Å². The molecule has 0 radical (unpaired) electrons. The Bertz CT molecular complexity index is 298. The van der Waals surface area contributed by atoms with Crippen LogP contribution in [0.2, 0.25) is 0 Å². The second kappa shape index (κ2) is 5.37. The highest BCUT2D eigenvalue weighted by atomic mass is 32.2. The summed E-state index contributed by atoms with van der Waals surface area (Å²) in [6.07, 6.45) is 2.55. The molecule has 2 rings (SSSR count). The van der Waals surface area contributed by atoms with Gasteiger partial charge in [-0.2, -0.15) is 11.8 Å². The zero-order valence-corrected chi connectivity index (χ0v) is 9.42. The summed E-state index contributed by atoms with van der Waals surface area (Å²) in [5.74, 6) is 3.75. The first-order valence-electron chi connectivity index (χ1n) is 5.22. The van der Waals surface area contributed by atoms with E-state index in [0.29, 0.717) is 18.5 Å². The Morgan fingerprint density at radius 3 is 2.87 bits per heavy atom. The smallest absolute Gasteiger partial charge is 0.315 e. The van der Waals surface area contributed by atoms with E-state index in [1.54, 1.807) is 0 Å². The molecule has 2 heterocycles. The van der Waals surface area contributed by atoms with E-state index in [9.17, 15) is 0 Å². The Morgan fingerprint density at radius 1 is 1.40 bits per heavy atom. The predicted octanol–water partition coefficient (Wildman–Crippen LogP) is 1.08. The topological polar surface area (TPSA) is 77.0 Å². The van der Waals surface area contributed by atoms with Crippen molar-refractivity contribution in [2.24, 2.45) is 11.7 Å². The predicted molar refractivity (Wildman–Crippen MR) is 60.7 cm³/mol. The Labute approximate surface area is 93.2 Å². The first-order chi connectivity index (χ1) is 7.38. The standard InChI is InChI=1S/C9H16N4OS/c10-5-8-12-13-9(14-8)11-6-7-1-3-15-4-2-7/h7H,1-6,10H2,(H,11,13). The van der Waals surface area contributed by atoms with Gasteiger partial charge < -0.3 is 15.5 Å². The molecular weight excluding hydrogens is 212 g/mol. The van der Waals surface area contributed by atoms with Crippen LogP contribution in [0.5, 0.6) is 0 Å². The number of anilines is 1. The van der Waals surface area contributed by atoms with Crippen molar-refractivity contribution in [1.82, 2.24) is 10.2 Å². The Hall–Kier alpha value is -0.750. The lowest BCUT2D eigenvalue weighted by molar-refractivity contribution is 0.482. The number of aromatic nitrogens is 2. The molecular formula is C9H16N4OS. The van der Waals surface area contributed by atoms with Crippen molar-refractivity contribution in [2.45, 2.75) is 19.4 Å². The summed E-state index contributed by atoms with van der Waals surface area (Å²) in [6, 6.07) is 0.494. The van der Waals surface area contributed by atoms with Crippen LogP contribution in [-0.4, -0.2) is 28.2 Å². The molecule has 0 unspecified atom stereocenters. The summed E-state index contributed by atoms with van der Waals surface area (Å²) in [5.41, 5.74) is 5.38. The van der Waals surface area contributed by atoms with Gasteiger partial charge in [0.15, 0.2) is 0 Å². The normalized spacial score (nSPS) is 17.9. The number of hydrogen-bond acceptors (Lipinski definition) is 6. The molecule has 0 amide bonds. The molecule has 0 aromatic carbocycles. The highest BCUT2D eigenvalue weighted by Crippen LogP contribution is 2.22. The monoisotopic (exact) mass is 228 g/mol. The number of nitrogens with zero attached hydrogens (tertiary/aromatic N) is 2. The third-order valence-corrected chi connectivity index (χ3v) is 3.57. The molecule has 1 aromatic heterocycles. The van der Waals surface area contributed by atoms with E-state index < -0.39 is 0 Å². The molecule has 1 aliphatic rings. The van der Waals surface area contributed by atoms with Gasteiger partial charge in [0.1, 0.15) is 0 Å². The largest absolute Gasteiger partial charge is 0.407 e. The molecule has 1 fully saturated rings. The maximum Gasteiger partial charge on any atom is 0.315 e. The molecule has 84 valence electrons. The minimum atomic E-state index is 0.300. The van der Waals surface area contributed by atoms with E-state index >= 15 is 0 Å². The number of thioether (sulfide) groups is 1. The van der Waals surface area contributed by atoms with Crippen LogP contribution in [0.25, 0.3) is 0 Å². The first kappa shape index (κ1) is 10.8. The minimum absolute atomic E-state index is 0.300. The molecule has 0 bridgehead atoms. The van der Waals surface area contributed by atoms with Crippen LogP contribution in [0.3, 0.4) is 0 Å². The van der Waals surface area contributed by atoms with Crippen LogP contribution in [0, 0.1) is 5.92 Å². The molecule has 1 aromatic rings. The van der Waals surface area contributed by atoms with Crippen LogP contribution in [0.15, 0.2) is 4.42 Å². The number of rotatable bonds is 4. The zero-order valence-electron chi connectivity index (χ0n) is 8.61. The van der Waals surface area contributed by atoms with Gasteiger partial charge >= 0.3 is 6.01 Å². The fourth-order valence-electron chi connectivity index (χ4n) is 1.59. The van der Waals surface area contributed by atoms with Crippen LogP contribution in [0.4, 0.5) is 6.01 Å². The van der Waals surface area contributed by atoms with Crippen LogP contribution in [0.1, 0.15) is 18.7 Å². The fourth-order valence-corrected chi connectivity index (χ4v) is 2.79. The summed E-state index contributed by atoms with van der Waals surface area (Å²) >= 11 is 2.03. The summed E-state index contributed by atoms with van der Waals surface area (Å²) < 4.78 is 5.26. The van der Waals surface area contributed by atoms with Crippen LogP contribution in [-0.2, 0) is 6.54 Å². The van der Waals surface area contributed by atoms with Crippen molar-refractivity contribution in [1.29, 1.82) is 0 Å². The van der Waals surface area contributed by atoms with Gasteiger partial charge in [0.2, 0.25) is 5.89 Å². The maximum absolute atomic E-state index is 5.38. The van der Waals surface area contributed by atoms with Gasteiger partial charge in [-0.15, -0.1) is 5.10 Å². The fraction of sp³-hybridized carbons (Fsp3) is 0.778. The molecule has 3 N–H and O–H groups in total. The van der Waals surface area contributed by atoms with Gasteiger partial charge in [0.05, 0.1) is 6.54 Å². The van der Waals surface area contributed by atoms with E-state index in [0.717, 1.165) is 12.5 Å². The number of nitrogens with two attached hydrogens (primary N) is 1. The SMILES string of the molecule is NCc1nnc(NCC2CCSCC2)o1. The Morgan fingerprint density at radius 2 is 2.20 bits per heavy atom. The molecule has 15 heavy (non-hydrogen) atoms. The van der Waals surface area contributed by atoms with E-state index in [1.807, 2.05) is 11.8 Å². The highest BCUT2D eigenvalue weighted by molar-refractivity contribution is 7.99. The summed E-state index contributed by atoms with van der Waals surface area (Å²) in [7, 11) is 0. The van der Waals surface area contributed by atoms with Gasteiger partial charge in [0.25, 0.3) is 0 Å². The first-order valence-corrected chi connectivity index (χ1v) is 6.38. The zero-order chi connectivity index (χ0) is 10.5. The molecule has 6 heteroatoms. The quantitative estimate of drug-likeness (QED) is 0.803. The van der Waals surface area contributed by atoms with Gasteiger partial charge in [-0.3, -0.25) is 0 Å². The second-order valence-corrected chi connectivity index (χ2v) is 4.87. The molecule has 0 saturated carbocycles. The van der Waals surface area contributed by atoms with Gasteiger partial charge in [-0.1, -0.05) is 5.10 Å². The lowest BCUT2D eigenvalue weighted by atomic mass is 10.0. The number of hydrogen-bond donors (Lipinski definition) is 2. The molecule has 0 aliphatic carbocycles. The average Bonchev–Trinajstić information content (AvgIpc) is 2.76. The van der Waals surface area contributed by atoms with Crippen molar-refractivity contribution in [3.05, 3.63) is 5.89 Å². The van der Waals surface area contributed by atoms with Crippen LogP contribution >= 0.6 is 11.8 Å². The van der Waals surface area contributed by atoms with E-state index in [1.165, 1.54) is 24.3 Å². The van der Waals surface area contributed by atoms with Crippen molar-refractivity contribution in [2.75, 3.05) is 23.4 Å².